The van der Waals surface area contributed by atoms with Crippen LogP contribution in [0, 0.1) is 0 Å². The number of hydrogen-bond donors (Lipinski definition) is 2. The maximum Gasteiger partial charge on any atom is 0.160 e. The molecular weight excluding hydrogens is 226 g/mol. The molecule has 2 aromatic carbocycles. The third-order valence-corrected chi connectivity index (χ3v) is 2.97. The van der Waals surface area contributed by atoms with Gasteiger partial charge in [-0.05, 0) is 23.6 Å². The summed E-state index contributed by atoms with van der Waals surface area (Å²) in [5.74, 6) is 0.652. The van der Waals surface area contributed by atoms with Crippen LogP contribution in [0.25, 0.3) is 0 Å². The van der Waals surface area contributed by atoms with Gasteiger partial charge in [-0.1, -0.05) is 42.5 Å². The second-order valence-electron chi connectivity index (χ2n) is 4.19. The Morgan fingerprint density at radius 2 is 1.83 bits per heavy atom. The third-order valence-electron chi connectivity index (χ3n) is 2.97. The van der Waals surface area contributed by atoms with Gasteiger partial charge in [-0.3, -0.25) is 0 Å². The van der Waals surface area contributed by atoms with Crippen molar-refractivity contribution in [2.45, 2.75) is 12.5 Å². The normalized spacial score (nSPS) is 12.1. The molecule has 2 aromatic rings. The summed E-state index contributed by atoms with van der Waals surface area (Å²) in [6, 6.07) is 15.2. The fraction of sp³-hybridized carbons (Fsp3) is 0.200. The van der Waals surface area contributed by atoms with Crippen molar-refractivity contribution in [3.8, 4) is 11.5 Å². The first-order chi connectivity index (χ1) is 8.72. The summed E-state index contributed by atoms with van der Waals surface area (Å²) in [6.45, 7) is 0. The SMILES string of the molecule is COc1cccc(CC(N)c2ccccc2)c1O. The van der Waals surface area contributed by atoms with Crippen LogP contribution >= 0.6 is 0 Å². The summed E-state index contributed by atoms with van der Waals surface area (Å²) in [5, 5.41) is 10.0. The number of benzene rings is 2. The van der Waals surface area contributed by atoms with Gasteiger partial charge in [0.1, 0.15) is 0 Å². The lowest BCUT2D eigenvalue weighted by molar-refractivity contribution is 0.370. The largest absolute Gasteiger partial charge is 0.504 e. The second kappa shape index (κ2) is 5.56. The minimum Gasteiger partial charge on any atom is -0.504 e. The highest BCUT2D eigenvalue weighted by molar-refractivity contribution is 5.46. The summed E-state index contributed by atoms with van der Waals surface area (Å²) in [7, 11) is 1.54. The van der Waals surface area contributed by atoms with Crippen LogP contribution in [-0.4, -0.2) is 12.2 Å². The Kier molecular flexibility index (Phi) is 3.85. The Labute approximate surface area is 107 Å². The quantitative estimate of drug-likeness (QED) is 0.868. The molecule has 0 aliphatic heterocycles. The molecule has 2 rings (SSSR count). The fourth-order valence-corrected chi connectivity index (χ4v) is 1.95. The smallest absolute Gasteiger partial charge is 0.160 e. The van der Waals surface area contributed by atoms with Gasteiger partial charge in [0.05, 0.1) is 7.11 Å². The zero-order valence-corrected chi connectivity index (χ0v) is 10.3. The monoisotopic (exact) mass is 243 g/mol. The molecule has 0 saturated carbocycles. The maximum atomic E-state index is 10.0. The summed E-state index contributed by atoms with van der Waals surface area (Å²) < 4.78 is 5.08. The number of para-hydroxylation sites is 1. The maximum absolute atomic E-state index is 10.0. The zero-order valence-electron chi connectivity index (χ0n) is 10.3. The lowest BCUT2D eigenvalue weighted by Crippen LogP contribution is -2.13. The standard InChI is InChI=1S/C15H17NO2/c1-18-14-9-5-8-12(15(14)17)10-13(16)11-6-3-2-4-7-11/h2-9,13,17H,10,16H2,1H3. The molecule has 1 unspecified atom stereocenters. The van der Waals surface area contributed by atoms with Gasteiger partial charge in [0.15, 0.2) is 11.5 Å². The molecule has 1 atom stereocenters. The van der Waals surface area contributed by atoms with E-state index in [2.05, 4.69) is 0 Å². The van der Waals surface area contributed by atoms with E-state index >= 15 is 0 Å². The Hall–Kier alpha value is -2.00. The molecule has 0 radical (unpaired) electrons. The summed E-state index contributed by atoms with van der Waals surface area (Å²) in [5.41, 5.74) is 7.99. The molecule has 18 heavy (non-hydrogen) atoms. The number of nitrogens with two attached hydrogens (primary N) is 1. The number of phenolic OH excluding ortho intramolecular Hbond substituents is 1. The van der Waals surface area contributed by atoms with Crippen molar-refractivity contribution in [1.82, 2.24) is 0 Å². The van der Waals surface area contributed by atoms with Crippen molar-refractivity contribution in [3.05, 3.63) is 59.7 Å². The lowest BCUT2D eigenvalue weighted by atomic mass is 9.99. The lowest BCUT2D eigenvalue weighted by Gasteiger charge is -2.14. The summed E-state index contributed by atoms with van der Waals surface area (Å²) in [4.78, 5) is 0. The van der Waals surface area contributed by atoms with E-state index in [-0.39, 0.29) is 11.8 Å². The van der Waals surface area contributed by atoms with E-state index in [0.29, 0.717) is 12.2 Å². The number of phenols is 1. The van der Waals surface area contributed by atoms with E-state index in [0.717, 1.165) is 11.1 Å². The summed E-state index contributed by atoms with van der Waals surface area (Å²) >= 11 is 0. The van der Waals surface area contributed by atoms with Crippen molar-refractivity contribution in [3.63, 3.8) is 0 Å². The molecule has 3 heteroatoms. The number of ether oxygens (including phenoxy) is 1. The van der Waals surface area contributed by atoms with Crippen molar-refractivity contribution >= 4 is 0 Å². The molecule has 0 aliphatic carbocycles. The Morgan fingerprint density at radius 3 is 2.50 bits per heavy atom. The van der Waals surface area contributed by atoms with Gasteiger partial charge in [-0.25, -0.2) is 0 Å². The minimum absolute atomic E-state index is 0.135. The fourth-order valence-electron chi connectivity index (χ4n) is 1.95. The number of rotatable bonds is 4. The third kappa shape index (κ3) is 2.63. The van der Waals surface area contributed by atoms with Gasteiger partial charge in [-0.2, -0.15) is 0 Å². The molecule has 0 spiro atoms. The first kappa shape index (κ1) is 12.5. The van der Waals surface area contributed by atoms with Crippen molar-refractivity contribution in [2.24, 2.45) is 5.73 Å². The molecule has 0 heterocycles. The van der Waals surface area contributed by atoms with Crippen LogP contribution in [0.4, 0.5) is 0 Å². The Balaban J connectivity index is 2.19. The number of hydrogen-bond acceptors (Lipinski definition) is 3. The predicted octanol–water partition coefficient (Wildman–Crippen LogP) is 2.64. The highest BCUT2D eigenvalue weighted by Crippen LogP contribution is 2.31. The van der Waals surface area contributed by atoms with E-state index < -0.39 is 0 Å². The van der Waals surface area contributed by atoms with Crippen LogP contribution in [0.5, 0.6) is 11.5 Å². The average Bonchev–Trinajstić information content (AvgIpc) is 2.42. The van der Waals surface area contributed by atoms with Crippen LogP contribution in [-0.2, 0) is 6.42 Å². The summed E-state index contributed by atoms with van der Waals surface area (Å²) in [6.07, 6.45) is 0.576. The van der Waals surface area contributed by atoms with Crippen LogP contribution in [0.3, 0.4) is 0 Å². The van der Waals surface area contributed by atoms with E-state index in [1.165, 1.54) is 7.11 Å². The van der Waals surface area contributed by atoms with Gasteiger partial charge in [0.2, 0.25) is 0 Å². The molecule has 94 valence electrons. The molecule has 3 N–H and O–H groups in total. The Morgan fingerprint density at radius 1 is 1.11 bits per heavy atom. The van der Waals surface area contributed by atoms with Gasteiger partial charge in [0, 0.05) is 6.04 Å². The number of aromatic hydroxyl groups is 1. The molecule has 0 bridgehead atoms. The molecule has 3 nitrogen and oxygen atoms in total. The van der Waals surface area contributed by atoms with Gasteiger partial charge in [-0.15, -0.1) is 0 Å². The second-order valence-corrected chi connectivity index (χ2v) is 4.19. The number of methoxy groups -OCH3 is 1. The minimum atomic E-state index is -0.135. The molecule has 0 aromatic heterocycles. The van der Waals surface area contributed by atoms with Crippen molar-refractivity contribution in [2.75, 3.05) is 7.11 Å². The Bertz CT molecular complexity index is 511. The predicted molar refractivity (Wildman–Crippen MR) is 71.7 cm³/mol. The highest BCUT2D eigenvalue weighted by Gasteiger charge is 2.12. The van der Waals surface area contributed by atoms with Gasteiger partial charge >= 0.3 is 0 Å². The molecular formula is C15H17NO2. The van der Waals surface area contributed by atoms with E-state index in [1.807, 2.05) is 42.5 Å². The molecule has 0 fully saturated rings. The first-order valence-electron chi connectivity index (χ1n) is 5.87. The molecule has 0 amide bonds. The zero-order chi connectivity index (χ0) is 13.0. The molecule has 0 saturated heterocycles. The van der Waals surface area contributed by atoms with Crippen molar-refractivity contribution < 1.29 is 9.84 Å². The average molecular weight is 243 g/mol. The van der Waals surface area contributed by atoms with Crippen LogP contribution < -0.4 is 10.5 Å². The highest BCUT2D eigenvalue weighted by atomic mass is 16.5. The van der Waals surface area contributed by atoms with E-state index in [9.17, 15) is 5.11 Å². The van der Waals surface area contributed by atoms with E-state index in [4.69, 9.17) is 10.5 Å². The van der Waals surface area contributed by atoms with E-state index in [1.54, 1.807) is 6.07 Å². The van der Waals surface area contributed by atoms with Crippen LogP contribution in [0.1, 0.15) is 17.2 Å². The first-order valence-corrected chi connectivity index (χ1v) is 5.87. The molecule has 0 aliphatic rings. The van der Waals surface area contributed by atoms with Gasteiger partial charge in [0.25, 0.3) is 0 Å². The van der Waals surface area contributed by atoms with Crippen molar-refractivity contribution in [1.29, 1.82) is 0 Å². The van der Waals surface area contributed by atoms with Crippen LogP contribution in [0.2, 0.25) is 0 Å². The topological polar surface area (TPSA) is 55.5 Å². The van der Waals surface area contributed by atoms with Gasteiger partial charge < -0.3 is 15.6 Å². The van der Waals surface area contributed by atoms with Crippen LogP contribution in [0.15, 0.2) is 48.5 Å².